The number of hydrogen-bond donors (Lipinski definition) is 1. The fourth-order valence-corrected chi connectivity index (χ4v) is 4.11. The third-order valence-corrected chi connectivity index (χ3v) is 6.41. The van der Waals surface area contributed by atoms with Crippen LogP contribution in [0.15, 0.2) is 24.3 Å². The van der Waals surface area contributed by atoms with Crippen molar-refractivity contribution in [3.8, 4) is 11.5 Å². The van der Waals surface area contributed by atoms with Gasteiger partial charge in [0.1, 0.15) is 11.5 Å². The second-order valence-electron chi connectivity index (χ2n) is 6.50. The van der Waals surface area contributed by atoms with Crippen LogP contribution in [0, 0.1) is 0 Å². The number of benzene rings is 1. The number of rotatable bonds is 10. The van der Waals surface area contributed by atoms with Gasteiger partial charge in [-0.1, -0.05) is 0 Å². The van der Waals surface area contributed by atoms with Crippen molar-refractivity contribution >= 4 is 15.9 Å². The zero-order valence-corrected chi connectivity index (χ0v) is 17.0. The van der Waals surface area contributed by atoms with Gasteiger partial charge < -0.3 is 14.8 Å². The first-order valence-corrected chi connectivity index (χ1v) is 11.2. The molecule has 1 aliphatic heterocycles. The predicted octanol–water partition coefficient (Wildman–Crippen LogP) is 2.17. The Kier molecular flexibility index (Phi) is 8.37. The van der Waals surface area contributed by atoms with Crippen molar-refractivity contribution in [2.45, 2.75) is 45.6 Å². The summed E-state index contributed by atoms with van der Waals surface area (Å²) in [7, 11) is -3.13. The molecule has 2 rings (SSSR count). The van der Waals surface area contributed by atoms with Gasteiger partial charge >= 0.3 is 0 Å². The van der Waals surface area contributed by atoms with Crippen LogP contribution < -0.4 is 14.8 Å². The molecule has 1 fully saturated rings. The fraction of sp³-hybridized carbons (Fsp3) is 0.632. The summed E-state index contributed by atoms with van der Waals surface area (Å²) in [5, 5.41) is 3.00. The molecule has 7 nitrogen and oxygen atoms in total. The Morgan fingerprint density at radius 2 is 1.70 bits per heavy atom. The Labute approximate surface area is 162 Å². The second kappa shape index (κ2) is 10.5. The van der Waals surface area contributed by atoms with Crippen molar-refractivity contribution < 1.29 is 22.7 Å². The number of amides is 1. The number of nitrogens with one attached hydrogen (secondary N) is 1. The van der Waals surface area contributed by atoms with E-state index in [0.717, 1.165) is 11.5 Å². The first-order chi connectivity index (χ1) is 12.9. The summed E-state index contributed by atoms with van der Waals surface area (Å²) in [6, 6.07) is 7.47. The maximum Gasteiger partial charge on any atom is 0.220 e. The van der Waals surface area contributed by atoms with Crippen LogP contribution in [0.5, 0.6) is 11.5 Å². The Bertz CT molecular complexity index is 683. The third kappa shape index (κ3) is 7.03. The van der Waals surface area contributed by atoms with E-state index in [4.69, 9.17) is 9.47 Å². The van der Waals surface area contributed by atoms with Crippen molar-refractivity contribution in [3.05, 3.63) is 24.3 Å². The topological polar surface area (TPSA) is 84.9 Å². The zero-order chi connectivity index (χ0) is 19.7. The van der Waals surface area contributed by atoms with Crippen LogP contribution in [0.4, 0.5) is 0 Å². The molecule has 0 spiro atoms. The van der Waals surface area contributed by atoms with Crippen LogP contribution >= 0.6 is 0 Å². The lowest BCUT2D eigenvalue weighted by Crippen LogP contribution is -2.46. The Balaban J connectivity index is 1.61. The van der Waals surface area contributed by atoms with Gasteiger partial charge in [-0.05, 0) is 57.4 Å². The largest absolute Gasteiger partial charge is 0.494 e. The summed E-state index contributed by atoms with van der Waals surface area (Å²) in [5.41, 5.74) is 0. The van der Waals surface area contributed by atoms with Crippen molar-refractivity contribution in [1.82, 2.24) is 9.62 Å². The Morgan fingerprint density at radius 3 is 2.26 bits per heavy atom. The molecule has 0 atom stereocenters. The van der Waals surface area contributed by atoms with Gasteiger partial charge in [-0.15, -0.1) is 0 Å². The smallest absolute Gasteiger partial charge is 0.220 e. The van der Waals surface area contributed by atoms with E-state index in [0.29, 0.717) is 52.0 Å². The number of carbonyl (C=O) groups is 1. The SMILES string of the molecule is CCOc1ccc(OCCCC(=O)NC2CCN(S(=O)(=O)CC)CC2)cc1. The summed E-state index contributed by atoms with van der Waals surface area (Å²) in [5.74, 6) is 1.67. The van der Waals surface area contributed by atoms with E-state index in [-0.39, 0.29) is 17.7 Å². The molecule has 27 heavy (non-hydrogen) atoms. The molecule has 1 amide bonds. The number of sulfonamides is 1. The second-order valence-corrected chi connectivity index (χ2v) is 8.76. The average molecular weight is 399 g/mol. The normalized spacial score (nSPS) is 16.1. The Morgan fingerprint density at radius 1 is 1.11 bits per heavy atom. The highest BCUT2D eigenvalue weighted by Crippen LogP contribution is 2.18. The molecule has 152 valence electrons. The lowest BCUT2D eigenvalue weighted by molar-refractivity contribution is -0.122. The first kappa shape index (κ1) is 21.5. The van der Waals surface area contributed by atoms with Gasteiger partial charge in [-0.25, -0.2) is 12.7 Å². The van der Waals surface area contributed by atoms with Crippen LogP contribution in [0.1, 0.15) is 39.5 Å². The van der Waals surface area contributed by atoms with Gasteiger partial charge in [-0.3, -0.25) is 4.79 Å². The third-order valence-electron chi connectivity index (χ3n) is 4.53. The molecule has 0 aromatic heterocycles. The van der Waals surface area contributed by atoms with Crippen LogP contribution in [-0.4, -0.2) is 56.7 Å². The monoisotopic (exact) mass is 398 g/mol. The standard InChI is InChI=1S/C19H30N2O5S/c1-3-25-17-7-9-18(10-8-17)26-15-5-6-19(22)20-16-11-13-21(14-12-16)27(23,24)4-2/h7-10,16H,3-6,11-15H2,1-2H3,(H,20,22). The highest BCUT2D eigenvalue weighted by Gasteiger charge is 2.27. The number of nitrogens with zero attached hydrogens (tertiary/aromatic N) is 1. The summed E-state index contributed by atoms with van der Waals surface area (Å²) in [6.45, 7) is 5.63. The molecule has 0 radical (unpaired) electrons. The number of ether oxygens (including phenoxy) is 2. The van der Waals surface area contributed by atoms with Crippen molar-refractivity contribution in [2.24, 2.45) is 0 Å². The predicted molar refractivity (Wildman–Crippen MR) is 105 cm³/mol. The molecule has 0 bridgehead atoms. The maximum atomic E-state index is 12.1. The molecule has 0 saturated carbocycles. The molecule has 0 unspecified atom stereocenters. The fourth-order valence-electron chi connectivity index (χ4n) is 2.98. The average Bonchev–Trinajstić information content (AvgIpc) is 2.67. The minimum Gasteiger partial charge on any atom is -0.494 e. The van der Waals surface area contributed by atoms with Gasteiger partial charge in [0, 0.05) is 25.6 Å². The van der Waals surface area contributed by atoms with E-state index in [9.17, 15) is 13.2 Å². The summed E-state index contributed by atoms with van der Waals surface area (Å²) < 4.78 is 36.2. The van der Waals surface area contributed by atoms with Crippen LogP contribution in [0.3, 0.4) is 0 Å². The molecular formula is C19H30N2O5S. The molecule has 1 heterocycles. The van der Waals surface area contributed by atoms with Crippen molar-refractivity contribution in [3.63, 3.8) is 0 Å². The minimum atomic E-state index is -3.13. The summed E-state index contributed by atoms with van der Waals surface area (Å²) >= 11 is 0. The quantitative estimate of drug-likeness (QED) is 0.611. The minimum absolute atomic E-state index is 0.0120. The van der Waals surface area contributed by atoms with Crippen molar-refractivity contribution in [2.75, 3.05) is 32.1 Å². The summed E-state index contributed by atoms with van der Waals surface area (Å²) in [6.07, 6.45) is 2.34. The lowest BCUT2D eigenvalue weighted by atomic mass is 10.1. The number of piperidine rings is 1. The maximum absolute atomic E-state index is 12.1. The van der Waals surface area contributed by atoms with Crippen LogP contribution in [-0.2, 0) is 14.8 Å². The van der Waals surface area contributed by atoms with E-state index >= 15 is 0 Å². The van der Waals surface area contributed by atoms with Gasteiger partial charge in [-0.2, -0.15) is 0 Å². The van der Waals surface area contributed by atoms with Gasteiger partial charge in [0.15, 0.2) is 0 Å². The molecule has 1 aliphatic rings. The van der Waals surface area contributed by atoms with E-state index in [1.807, 2.05) is 31.2 Å². The molecule has 8 heteroatoms. The first-order valence-electron chi connectivity index (χ1n) is 9.57. The molecule has 1 aromatic carbocycles. The van der Waals surface area contributed by atoms with Gasteiger partial charge in [0.2, 0.25) is 15.9 Å². The van der Waals surface area contributed by atoms with Crippen LogP contribution in [0.2, 0.25) is 0 Å². The van der Waals surface area contributed by atoms with Crippen molar-refractivity contribution in [1.29, 1.82) is 0 Å². The van der Waals surface area contributed by atoms with E-state index in [2.05, 4.69) is 5.32 Å². The summed E-state index contributed by atoms with van der Waals surface area (Å²) in [4.78, 5) is 12.1. The van der Waals surface area contributed by atoms with E-state index in [1.54, 1.807) is 6.92 Å². The zero-order valence-electron chi connectivity index (χ0n) is 16.1. The molecule has 0 aliphatic carbocycles. The lowest BCUT2D eigenvalue weighted by Gasteiger charge is -2.31. The van der Waals surface area contributed by atoms with Gasteiger partial charge in [0.25, 0.3) is 0 Å². The highest BCUT2D eigenvalue weighted by atomic mass is 32.2. The Hall–Kier alpha value is -1.80. The van der Waals surface area contributed by atoms with Crippen LogP contribution in [0.25, 0.3) is 0 Å². The number of hydrogen-bond acceptors (Lipinski definition) is 5. The number of carbonyl (C=O) groups excluding carboxylic acids is 1. The van der Waals surface area contributed by atoms with E-state index < -0.39 is 10.0 Å². The van der Waals surface area contributed by atoms with Gasteiger partial charge in [0.05, 0.1) is 19.0 Å². The molecule has 1 N–H and O–H groups in total. The van der Waals surface area contributed by atoms with E-state index in [1.165, 1.54) is 4.31 Å². The molecule has 1 saturated heterocycles. The molecule has 1 aromatic rings. The highest BCUT2D eigenvalue weighted by molar-refractivity contribution is 7.89. The molecular weight excluding hydrogens is 368 g/mol.